The molecule has 2 aromatic carbocycles. The first-order valence-corrected chi connectivity index (χ1v) is 12.6. The Bertz CT molecular complexity index is 1460. The van der Waals surface area contributed by atoms with Crippen molar-refractivity contribution in [3.8, 4) is 0 Å². The second-order valence-corrected chi connectivity index (χ2v) is 10.2. The number of thioether (sulfide) groups is 1. The number of carbonyl (C=O) groups excluding carboxylic acids is 1. The average molecular weight is 495 g/mol. The number of thiazole rings is 1. The van der Waals surface area contributed by atoms with Crippen LogP contribution in [0.4, 0.5) is 5.69 Å². The van der Waals surface area contributed by atoms with Crippen molar-refractivity contribution in [3.05, 3.63) is 79.7 Å². The van der Waals surface area contributed by atoms with Crippen LogP contribution in [0.25, 0.3) is 10.7 Å². The summed E-state index contributed by atoms with van der Waals surface area (Å²) in [7, 11) is 3.77. The fourth-order valence-electron chi connectivity index (χ4n) is 4.08. The number of likely N-dealkylation sites (N-methyl/N-ethyl adjacent to an activating group) is 2. The number of nitrogens with zero attached hydrogens (tertiary/aromatic N) is 4. The van der Waals surface area contributed by atoms with E-state index in [2.05, 4.69) is 11.0 Å². The molecule has 0 N–H and O–H groups in total. The van der Waals surface area contributed by atoms with Gasteiger partial charge in [-0.3, -0.25) is 19.1 Å². The summed E-state index contributed by atoms with van der Waals surface area (Å²) < 4.78 is 2.96. The highest BCUT2D eigenvalue weighted by Crippen LogP contribution is 2.44. The maximum Gasteiger partial charge on any atom is 0.279 e. The lowest BCUT2D eigenvalue weighted by Gasteiger charge is -2.13. The molecule has 168 valence electrons. The lowest BCUT2D eigenvalue weighted by Crippen LogP contribution is -2.36. The Hall–Kier alpha value is -2.88. The molecule has 0 unspecified atom stereocenters. The number of hydrogen-bond acceptors (Lipinski definition) is 6. The van der Waals surface area contributed by atoms with Crippen molar-refractivity contribution in [2.75, 3.05) is 25.5 Å². The van der Waals surface area contributed by atoms with Gasteiger partial charge in [0.25, 0.3) is 11.5 Å². The smallest absolute Gasteiger partial charge is 0.279 e. The molecule has 3 heterocycles. The molecule has 0 aliphatic carbocycles. The van der Waals surface area contributed by atoms with E-state index in [4.69, 9.17) is 12.2 Å². The molecule has 0 saturated carbocycles. The second-order valence-electron chi connectivity index (χ2n) is 7.79. The van der Waals surface area contributed by atoms with Crippen LogP contribution >= 0.6 is 35.3 Å². The number of hydrogen-bond donors (Lipinski definition) is 0. The third-order valence-corrected chi connectivity index (χ3v) is 8.86. The van der Waals surface area contributed by atoms with Gasteiger partial charge in [0.2, 0.25) is 0 Å². The fraction of sp³-hybridized carbons (Fsp3) is 0.208. The van der Waals surface area contributed by atoms with Crippen molar-refractivity contribution in [3.63, 3.8) is 0 Å². The summed E-state index contributed by atoms with van der Waals surface area (Å²) in [5.41, 5.74) is 2.42. The number of benzene rings is 2. The summed E-state index contributed by atoms with van der Waals surface area (Å²) in [6.45, 7) is 2.76. The number of carbonyl (C=O) groups is 1. The van der Waals surface area contributed by atoms with Gasteiger partial charge in [0.1, 0.15) is 19.9 Å². The summed E-state index contributed by atoms with van der Waals surface area (Å²) in [5.74, 6) is -0.166. The number of anilines is 1. The first-order valence-electron chi connectivity index (χ1n) is 10.5. The Balaban J connectivity index is 1.80. The average Bonchev–Trinajstić information content (AvgIpc) is 3.39. The van der Waals surface area contributed by atoms with E-state index in [1.807, 2.05) is 62.5 Å². The molecule has 3 aromatic rings. The molecule has 1 fully saturated rings. The summed E-state index contributed by atoms with van der Waals surface area (Å²) in [6, 6.07) is 17.9. The minimum Gasteiger partial charge on any atom is -0.337 e. The van der Waals surface area contributed by atoms with Crippen molar-refractivity contribution in [2.45, 2.75) is 18.4 Å². The molecule has 0 bridgehead atoms. The van der Waals surface area contributed by atoms with Crippen molar-refractivity contribution >= 4 is 62.7 Å². The van der Waals surface area contributed by atoms with E-state index in [9.17, 15) is 9.59 Å². The van der Waals surface area contributed by atoms with Gasteiger partial charge in [0.05, 0.1) is 12.2 Å². The predicted octanol–water partition coefficient (Wildman–Crippen LogP) is 2.45. The molecular formula is C24H22N4O2S3. The zero-order valence-corrected chi connectivity index (χ0v) is 20.9. The summed E-state index contributed by atoms with van der Waals surface area (Å²) in [4.78, 5) is 33.5. The van der Waals surface area contributed by atoms with Gasteiger partial charge in [-0.05, 0) is 36.8 Å². The number of fused-ring (bicyclic) bond motifs is 1. The molecule has 1 saturated heterocycles. The van der Waals surface area contributed by atoms with Crippen LogP contribution in [0.15, 0.2) is 64.3 Å². The minimum absolute atomic E-state index is 0.101. The fourth-order valence-corrected chi connectivity index (χ4v) is 6.91. The zero-order valence-electron chi connectivity index (χ0n) is 18.4. The van der Waals surface area contributed by atoms with Gasteiger partial charge in [0, 0.05) is 25.5 Å². The highest BCUT2D eigenvalue weighted by Gasteiger charge is 2.37. The topological polar surface area (TPSA) is 48.8 Å². The molecule has 5 rings (SSSR count). The van der Waals surface area contributed by atoms with Crippen LogP contribution < -0.4 is 19.7 Å². The molecule has 9 heteroatoms. The lowest BCUT2D eigenvalue weighted by molar-refractivity contribution is -0.120. The van der Waals surface area contributed by atoms with Gasteiger partial charge in [-0.15, -0.1) is 11.3 Å². The van der Waals surface area contributed by atoms with Gasteiger partial charge in [-0.2, -0.15) is 0 Å². The predicted molar refractivity (Wildman–Crippen MR) is 139 cm³/mol. The van der Waals surface area contributed by atoms with Crippen molar-refractivity contribution < 1.29 is 4.79 Å². The Kier molecular flexibility index (Phi) is 5.64. The number of para-hydroxylation sites is 1. The van der Waals surface area contributed by atoms with Gasteiger partial charge in [-0.1, -0.05) is 54.2 Å². The van der Waals surface area contributed by atoms with Gasteiger partial charge in [-0.25, -0.2) is 0 Å². The normalized spacial score (nSPS) is 19.1. The van der Waals surface area contributed by atoms with E-state index in [0.717, 1.165) is 21.2 Å². The third-order valence-electron chi connectivity index (χ3n) is 5.82. The van der Waals surface area contributed by atoms with Crippen molar-refractivity contribution in [1.29, 1.82) is 0 Å². The second kappa shape index (κ2) is 8.48. The van der Waals surface area contributed by atoms with Crippen LogP contribution in [-0.2, 0) is 11.3 Å². The molecule has 2 aliphatic rings. The lowest BCUT2D eigenvalue weighted by atomic mass is 10.2. The van der Waals surface area contributed by atoms with E-state index in [0.29, 0.717) is 33.1 Å². The first-order chi connectivity index (χ1) is 15.9. The molecule has 2 aliphatic heterocycles. The number of thiocarbonyl (C=S) groups is 1. The molecule has 1 amide bonds. The monoisotopic (exact) mass is 494 g/mol. The van der Waals surface area contributed by atoms with Crippen molar-refractivity contribution in [2.24, 2.45) is 0 Å². The molecule has 0 spiro atoms. The maximum absolute atomic E-state index is 13.8. The highest BCUT2D eigenvalue weighted by atomic mass is 32.2. The number of rotatable bonds is 3. The maximum atomic E-state index is 13.8. The van der Waals surface area contributed by atoms with E-state index >= 15 is 0 Å². The summed E-state index contributed by atoms with van der Waals surface area (Å²) >= 11 is 8.46. The highest BCUT2D eigenvalue weighted by molar-refractivity contribution is 8.08. The molecule has 33 heavy (non-hydrogen) atoms. The number of amides is 1. The van der Waals surface area contributed by atoms with Crippen molar-refractivity contribution in [1.82, 2.24) is 14.4 Å². The Morgan fingerprint density at radius 1 is 0.939 bits per heavy atom. The van der Waals surface area contributed by atoms with Crippen LogP contribution in [0.2, 0.25) is 0 Å². The van der Waals surface area contributed by atoms with Gasteiger partial charge < -0.3 is 9.80 Å². The summed E-state index contributed by atoms with van der Waals surface area (Å²) in [5, 5.41) is 1.33. The van der Waals surface area contributed by atoms with Crippen LogP contribution in [0.3, 0.4) is 0 Å². The van der Waals surface area contributed by atoms with Gasteiger partial charge >= 0.3 is 0 Å². The molecule has 1 aromatic heterocycles. The summed E-state index contributed by atoms with van der Waals surface area (Å²) in [6.07, 6.45) is 0. The van der Waals surface area contributed by atoms with Crippen LogP contribution in [0.1, 0.15) is 12.5 Å². The Morgan fingerprint density at radius 3 is 2.30 bits per heavy atom. The van der Waals surface area contributed by atoms with E-state index in [1.165, 1.54) is 11.3 Å². The standard InChI is InChI=1S/C24H22N4O2S3/c1-4-27-20(29)18(26(3)24(27)31)22-28(14-15-10-6-5-7-11-15)21(30)19(33-22)23-25(2)16-12-8-9-13-17(16)32-23/h5-13H,4,14H2,1-3H3/b22-18+,23-19-. The van der Waals surface area contributed by atoms with E-state index < -0.39 is 0 Å². The quantitative estimate of drug-likeness (QED) is 0.522. The van der Waals surface area contributed by atoms with Crippen LogP contribution in [0.5, 0.6) is 0 Å². The van der Waals surface area contributed by atoms with Crippen LogP contribution in [-0.4, -0.2) is 46.0 Å². The third kappa shape index (κ3) is 3.51. The first kappa shape index (κ1) is 21.9. The molecule has 0 radical (unpaired) electrons. The zero-order chi connectivity index (χ0) is 23.3. The largest absolute Gasteiger partial charge is 0.337 e. The molecule has 0 atom stereocenters. The molecular weight excluding hydrogens is 472 g/mol. The SMILES string of the molecule is CCN1C(=O)/C(=c2\s/c(=C3\Sc4ccccc4N3C)c(=O)n2Cc2ccccc2)N(C)C1=S. The molecule has 6 nitrogen and oxygen atoms in total. The Labute approximate surface area is 205 Å². The van der Waals surface area contributed by atoms with E-state index in [1.54, 1.807) is 33.2 Å². The Morgan fingerprint density at radius 2 is 1.64 bits per heavy atom. The van der Waals surface area contributed by atoms with E-state index in [-0.39, 0.29) is 11.5 Å². The van der Waals surface area contributed by atoms with Crippen LogP contribution in [0, 0.1) is 0 Å². The minimum atomic E-state index is -0.166. The number of aromatic nitrogens is 1. The van der Waals surface area contributed by atoms with Gasteiger partial charge in [0.15, 0.2) is 5.11 Å².